The molecule has 73 heavy (non-hydrogen) atoms. The van der Waals surface area contributed by atoms with Crippen LogP contribution in [0.5, 0.6) is 0 Å². The molecule has 1 heterocycles. The fourth-order valence-corrected chi connectivity index (χ4v) is 5.97. The first-order chi connectivity index (χ1) is 34.9. The average Bonchev–Trinajstić information content (AvgIpc) is 3.66. The molecule has 0 aromatic heterocycles. The molecule has 5 N–H and O–H groups in total. The smallest absolute Gasteiger partial charge is 0.328 e. The van der Waals surface area contributed by atoms with Crippen LogP contribution in [0.4, 0.5) is 0 Å². The predicted octanol–water partition coefficient (Wildman–Crippen LogP) is -0.886. The molecule has 0 spiro atoms. The third-order valence-corrected chi connectivity index (χ3v) is 9.84. The number of nitrogens with zero attached hydrogens (tertiary/aromatic N) is 1. The predicted molar refractivity (Wildman–Crippen MR) is 262 cm³/mol. The van der Waals surface area contributed by atoms with E-state index in [0.29, 0.717) is 119 Å². The minimum atomic E-state index is -1.14. The van der Waals surface area contributed by atoms with Crippen molar-refractivity contribution in [1.29, 1.82) is 0 Å². The Morgan fingerprint density at radius 2 is 0.904 bits per heavy atom. The summed E-state index contributed by atoms with van der Waals surface area (Å²) in [5.41, 5.74) is -0.764. The quantitative estimate of drug-likeness (QED) is 0.0281. The first-order valence-corrected chi connectivity index (χ1v) is 24.9. The second-order valence-corrected chi connectivity index (χ2v) is 17.4. The molecular weight excluding hydrogens is 965 g/mol. The lowest BCUT2D eigenvalue weighted by Gasteiger charge is -2.24. The number of carbonyl (C=O) groups excluding carboxylic acids is 8. The summed E-state index contributed by atoms with van der Waals surface area (Å²) in [7, 11) is 1.63. The number of rotatable bonds is 46. The normalized spacial score (nSPS) is 14.1. The molecule has 1 aliphatic rings. The number of esters is 1. The Hall–Kier alpha value is -4.70. The van der Waals surface area contributed by atoms with Gasteiger partial charge < -0.3 is 78.7 Å². The van der Waals surface area contributed by atoms with E-state index in [-0.39, 0.29) is 58.1 Å². The molecule has 0 aliphatic carbocycles. The molecule has 0 bridgehead atoms. The SMILES string of the molecule is COCCOCCOCCOCCOCCOCCOCCOCCOCCOCC(=O)NCCCC[C@H](NC(=O)CCCN1C(=O)C=CC1=O)C(=O)N[C@@H](C)C(=O)N[C@@H](C)C(=O)N[C@@H](C)C(=O)OC(C)(C)C. The number of nitrogens with one attached hydrogen (secondary N) is 5. The maximum absolute atomic E-state index is 13.4. The molecule has 25 nitrogen and oxygen atoms in total. The summed E-state index contributed by atoms with van der Waals surface area (Å²) in [6.45, 7) is 17.2. The molecule has 4 atom stereocenters. The summed E-state index contributed by atoms with van der Waals surface area (Å²) >= 11 is 0. The van der Waals surface area contributed by atoms with Crippen LogP contribution in [0.15, 0.2) is 12.2 Å². The summed E-state index contributed by atoms with van der Waals surface area (Å²) in [6.07, 6.45) is 3.29. The Kier molecular flexibility index (Phi) is 37.8. The van der Waals surface area contributed by atoms with E-state index in [4.69, 9.17) is 52.1 Å². The molecule has 0 aromatic rings. The van der Waals surface area contributed by atoms with Crippen LogP contribution in [-0.4, -0.2) is 228 Å². The number of carbonyl (C=O) groups is 8. The molecule has 25 heteroatoms. The van der Waals surface area contributed by atoms with Gasteiger partial charge in [0.2, 0.25) is 29.5 Å². The number of unbranched alkanes of at least 4 members (excludes halogenated alkanes) is 1. The van der Waals surface area contributed by atoms with Gasteiger partial charge in [-0.05, 0) is 67.2 Å². The van der Waals surface area contributed by atoms with Gasteiger partial charge in [0.25, 0.3) is 11.8 Å². The standard InChI is InChI=1S/C48H84N6O19/c1-36(45(60)52-38(3)47(62)73-48(4,5)6)50-44(59)37(2)51-46(61)39(53-40(55)12-10-16-54-42(57)13-14-43(54)58)11-8-9-15-49-41(56)35-72-34-33-71-32-31-70-30-29-69-28-27-68-26-25-67-24-23-66-22-21-65-20-19-64-18-17-63-7/h13-14,36-39H,8-12,15-35H2,1-7H3,(H,49,56)(H,50,59)(H,51,61)(H,52,60)(H,53,55)/t36-,37-,38-,39-/m0/s1. The summed E-state index contributed by atoms with van der Waals surface area (Å²) in [6, 6.07) is -4.29. The van der Waals surface area contributed by atoms with Gasteiger partial charge in [-0.15, -0.1) is 0 Å². The van der Waals surface area contributed by atoms with Gasteiger partial charge in [-0.1, -0.05) is 0 Å². The van der Waals surface area contributed by atoms with Crippen molar-refractivity contribution in [3.8, 4) is 0 Å². The molecule has 0 saturated carbocycles. The largest absolute Gasteiger partial charge is 0.458 e. The Morgan fingerprint density at radius 3 is 1.33 bits per heavy atom. The first-order valence-electron chi connectivity index (χ1n) is 24.9. The molecule has 0 radical (unpaired) electrons. The lowest BCUT2D eigenvalue weighted by atomic mass is 10.1. The van der Waals surface area contributed by atoms with Crippen LogP contribution in [0.1, 0.15) is 73.6 Å². The highest BCUT2D eigenvalue weighted by Gasteiger charge is 2.29. The number of ether oxygens (including phenoxy) is 11. The van der Waals surface area contributed by atoms with Gasteiger partial charge in [0.15, 0.2) is 0 Å². The zero-order valence-electron chi connectivity index (χ0n) is 44.1. The van der Waals surface area contributed by atoms with Crippen LogP contribution in [0.3, 0.4) is 0 Å². The average molecular weight is 1050 g/mol. The van der Waals surface area contributed by atoms with Crippen molar-refractivity contribution in [2.24, 2.45) is 0 Å². The van der Waals surface area contributed by atoms with Gasteiger partial charge in [-0.2, -0.15) is 0 Å². The van der Waals surface area contributed by atoms with Crippen molar-refractivity contribution < 1.29 is 90.5 Å². The van der Waals surface area contributed by atoms with Gasteiger partial charge in [0, 0.05) is 38.8 Å². The van der Waals surface area contributed by atoms with Crippen LogP contribution in [0, 0.1) is 0 Å². The fraction of sp³-hybridized carbons (Fsp3) is 0.792. The van der Waals surface area contributed by atoms with Crippen molar-refractivity contribution in [2.45, 2.75) is 103 Å². The molecule has 0 fully saturated rings. The fourth-order valence-electron chi connectivity index (χ4n) is 5.97. The monoisotopic (exact) mass is 1050 g/mol. The van der Waals surface area contributed by atoms with Crippen LogP contribution in [0.25, 0.3) is 0 Å². The number of hydrogen-bond donors (Lipinski definition) is 5. The van der Waals surface area contributed by atoms with Gasteiger partial charge in [0.05, 0.1) is 119 Å². The third-order valence-electron chi connectivity index (χ3n) is 9.84. The van der Waals surface area contributed by atoms with Gasteiger partial charge in [-0.25, -0.2) is 4.79 Å². The number of methoxy groups -OCH3 is 1. The molecule has 0 saturated heterocycles. The summed E-state index contributed by atoms with van der Waals surface area (Å²) in [4.78, 5) is 101. The Labute approximate surface area is 429 Å². The maximum atomic E-state index is 13.4. The summed E-state index contributed by atoms with van der Waals surface area (Å²) in [5.74, 6) is -4.51. The zero-order valence-corrected chi connectivity index (χ0v) is 44.1. The van der Waals surface area contributed by atoms with E-state index in [1.54, 1.807) is 27.9 Å². The number of amides is 7. The van der Waals surface area contributed by atoms with E-state index < -0.39 is 71.2 Å². The van der Waals surface area contributed by atoms with E-state index in [1.807, 2.05) is 0 Å². The Morgan fingerprint density at radius 1 is 0.507 bits per heavy atom. The highest BCUT2D eigenvalue weighted by atomic mass is 16.6. The van der Waals surface area contributed by atoms with E-state index in [9.17, 15) is 38.4 Å². The van der Waals surface area contributed by atoms with Crippen molar-refractivity contribution in [3.05, 3.63) is 12.2 Å². The van der Waals surface area contributed by atoms with Crippen LogP contribution < -0.4 is 26.6 Å². The molecule has 7 amide bonds. The number of hydrogen-bond acceptors (Lipinski definition) is 19. The van der Waals surface area contributed by atoms with E-state index in [0.717, 1.165) is 17.1 Å². The minimum Gasteiger partial charge on any atom is -0.458 e. The molecule has 0 aromatic carbocycles. The van der Waals surface area contributed by atoms with Crippen molar-refractivity contribution >= 4 is 47.3 Å². The second kappa shape index (κ2) is 41.6. The highest BCUT2D eigenvalue weighted by molar-refractivity contribution is 6.12. The highest BCUT2D eigenvalue weighted by Crippen LogP contribution is 2.09. The van der Waals surface area contributed by atoms with Crippen LogP contribution in [0.2, 0.25) is 0 Å². The second-order valence-electron chi connectivity index (χ2n) is 17.4. The van der Waals surface area contributed by atoms with Crippen molar-refractivity contribution in [2.75, 3.05) is 146 Å². The topological polar surface area (TPSA) is 301 Å². The van der Waals surface area contributed by atoms with Crippen molar-refractivity contribution in [3.63, 3.8) is 0 Å². The van der Waals surface area contributed by atoms with Crippen molar-refractivity contribution in [1.82, 2.24) is 31.5 Å². The Balaban J connectivity index is 2.24. The zero-order chi connectivity index (χ0) is 54.1. The lowest BCUT2D eigenvalue weighted by Crippen LogP contribution is -2.56. The van der Waals surface area contributed by atoms with Crippen LogP contribution >= 0.6 is 0 Å². The lowest BCUT2D eigenvalue weighted by molar-refractivity contribution is -0.158. The van der Waals surface area contributed by atoms with E-state index in [1.165, 1.54) is 20.8 Å². The first kappa shape index (κ1) is 66.3. The molecule has 1 rings (SSSR count). The summed E-state index contributed by atoms with van der Waals surface area (Å²) in [5, 5.41) is 12.9. The Bertz CT molecular complexity index is 1620. The van der Waals surface area contributed by atoms with Gasteiger partial charge >= 0.3 is 5.97 Å². The maximum Gasteiger partial charge on any atom is 0.328 e. The van der Waals surface area contributed by atoms with Gasteiger partial charge in [0.1, 0.15) is 36.4 Å². The van der Waals surface area contributed by atoms with Gasteiger partial charge in [-0.3, -0.25) is 38.5 Å². The summed E-state index contributed by atoms with van der Waals surface area (Å²) < 4.78 is 59.1. The van der Waals surface area contributed by atoms with E-state index in [2.05, 4.69) is 26.6 Å². The molecule has 1 aliphatic heterocycles. The number of imide groups is 1. The molecule has 420 valence electrons. The third kappa shape index (κ3) is 36.0. The van der Waals surface area contributed by atoms with E-state index >= 15 is 0 Å². The molecule has 0 unspecified atom stereocenters. The van der Waals surface area contributed by atoms with Crippen LogP contribution in [-0.2, 0) is 90.5 Å². The minimum absolute atomic E-state index is 0.0121. The molecular formula is C48H84N6O19.